The van der Waals surface area contributed by atoms with Crippen LogP contribution in [0.3, 0.4) is 0 Å². The molecule has 1 aromatic carbocycles. The van der Waals surface area contributed by atoms with E-state index in [-0.39, 0.29) is 5.97 Å². The number of carbonyl (C=O) groups excluding carboxylic acids is 1. The molecule has 2 aromatic rings. The number of pyridine rings is 1. The van der Waals surface area contributed by atoms with Crippen molar-refractivity contribution in [2.75, 3.05) is 12.4 Å². The molecule has 0 aliphatic carbocycles. The van der Waals surface area contributed by atoms with Crippen LogP contribution in [0.4, 0.5) is 5.69 Å². The molecular weight excluding hydrogens is 228 g/mol. The normalized spacial score (nSPS) is 9.83. The first kappa shape index (κ1) is 12.1. The van der Waals surface area contributed by atoms with Crippen molar-refractivity contribution in [3.8, 4) is 0 Å². The summed E-state index contributed by atoms with van der Waals surface area (Å²) in [7, 11) is 1.38. The molecule has 18 heavy (non-hydrogen) atoms. The Morgan fingerprint density at radius 3 is 2.67 bits per heavy atom. The predicted octanol–water partition coefficient (Wildman–Crippen LogP) is 2.48. The summed E-state index contributed by atoms with van der Waals surface area (Å²) in [6, 6.07) is 11.1. The number of esters is 1. The molecule has 0 atom stereocenters. The maximum Gasteiger partial charge on any atom is 0.337 e. The number of nitrogens with one attached hydrogen (secondary N) is 1. The number of methoxy groups -OCH3 is 1. The highest BCUT2D eigenvalue weighted by Gasteiger charge is 2.03. The first-order chi connectivity index (χ1) is 8.79. The number of carbonyl (C=O) groups is 1. The Hall–Kier alpha value is -2.36. The van der Waals surface area contributed by atoms with Crippen LogP contribution in [-0.4, -0.2) is 18.1 Å². The van der Waals surface area contributed by atoms with Crippen LogP contribution in [0, 0.1) is 0 Å². The summed E-state index contributed by atoms with van der Waals surface area (Å²) in [4.78, 5) is 15.3. The van der Waals surface area contributed by atoms with Gasteiger partial charge in [0.15, 0.2) is 0 Å². The van der Waals surface area contributed by atoms with E-state index in [0.29, 0.717) is 12.1 Å². The lowest BCUT2D eigenvalue weighted by atomic mass is 10.1. The largest absolute Gasteiger partial charge is 0.465 e. The van der Waals surface area contributed by atoms with Crippen molar-refractivity contribution in [3.05, 3.63) is 59.9 Å². The number of ether oxygens (including phenoxy) is 1. The van der Waals surface area contributed by atoms with Gasteiger partial charge in [-0.3, -0.25) is 4.98 Å². The van der Waals surface area contributed by atoms with Gasteiger partial charge in [-0.2, -0.15) is 0 Å². The second kappa shape index (κ2) is 5.82. The van der Waals surface area contributed by atoms with Crippen molar-refractivity contribution >= 4 is 11.7 Å². The van der Waals surface area contributed by atoms with E-state index in [1.807, 2.05) is 24.3 Å². The molecular formula is C14H14N2O2. The number of rotatable bonds is 4. The van der Waals surface area contributed by atoms with Gasteiger partial charge in [0.2, 0.25) is 0 Å². The standard InChI is InChI=1S/C14H14N2O2/c1-18-14(17)12-6-4-11(5-7-12)9-16-13-3-2-8-15-10-13/h2-8,10,16H,9H2,1H3. The van der Waals surface area contributed by atoms with Crippen molar-refractivity contribution in [3.63, 3.8) is 0 Å². The number of hydrogen-bond acceptors (Lipinski definition) is 4. The molecule has 0 radical (unpaired) electrons. The quantitative estimate of drug-likeness (QED) is 0.837. The monoisotopic (exact) mass is 242 g/mol. The molecule has 0 unspecified atom stereocenters. The van der Waals surface area contributed by atoms with Crippen molar-refractivity contribution in [1.82, 2.24) is 4.98 Å². The molecule has 0 saturated heterocycles. The summed E-state index contributed by atoms with van der Waals surface area (Å²) >= 11 is 0. The number of aromatic nitrogens is 1. The van der Waals surface area contributed by atoms with Crippen molar-refractivity contribution < 1.29 is 9.53 Å². The Labute approximate surface area is 106 Å². The Morgan fingerprint density at radius 1 is 1.28 bits per heavy atom. The Bertz CT molecular complexity index is 509. The molecule has 1 heterocycles. The van der Waals surface area contributed by atoms with E-state index in [2.05, 4.69) is 15.0 Å². The summed E-state index contributed by atoms with van der Waals surface area (Å²) in [5, 5.41) is 3.24. The van der Waals surface area contributed by atoms with Gasteiger partial charge in [-0.05, 0) is 29.8 Å². The average Bonchev–Trinajstić information content (AvgIpc) is 2.46. The molecule has 0 fully saturated rings. The summed E-state index contributed by atoms with van der Waals surface area (Å²) in [5.41, 5.74) is 2.61. The van der Waals surface area contributed by atoms with E-state index in [0.717, 1.165) is 11.3 Å². The minimum atomic E-state index is -0.318. The van der Waals surface area contributed by atoms with Gasteiger partial charge in [-0.25, -0.2) is 4.79 Å². The van der Waals surface area contributed by atoms with Gasteiger partial charge in [-0.1, -0.05) is 12.1 Å². The summed E-state index contributed by atoms with van der Waals surface area (Å²) in [6.45, 7) is 0.688. The molecule has 0 aliphatic rings. The third-order valence-electron chi connectivity index (χ3n) is 2.53. The van der Waals surface area contributed by atoms with Gasteiger partial charge >= 0.3 is 5.97 Å². The zero-order valence-corrected chi connectivity index (χ0v) is 10.1. The highest BCUT2D eigenvalue weighted by atomic mass is 16.5. The van der Waals surface area contributed by atoms with Crippen LogP contribution in [0.5, 0.6) is 0 Å². The maximum absolute atomic E-state index is 11.3. The van der Waals surface area contributed by atoms with Crippen LogP contribution in [-0.2, 0) is 11.3 Å². The Morgan fingerprint density at radius 2 is 2.06 bits per heavy atom. The summed E-state index contributed by atoms with van der Waals surface area (Å²) < 4.78 is 4.64. The lowest BCUT2D eigenvalue weighted by Crippen LogP contribution is -2.03. The minimum absolute atomic E-state index is 0.318. The van der Waals surface area contributed by atoms with Gasteiger partial charge < -0.3 is 10.1 Å². The number of nitrogens with zero attached hydrogens (tertiary/aromatic N) is 1. The van der Waals surface area contributed by atoms with E-state index in [4.69, 9.17) is 0 Å². The third kappa shape index (κ3) is 3.07. The van der Waals surface area contributed by atoms with Crippen LogP contribution in [0.25, 0.3) is 0 Å². The van der Waals surface area contributed by atoms with Gasteiger partial charge in [-0.15, -0.1) is 0 Å². The molecule has 1 aromatic heterocycles. The van der Waals surface area contributed by atoms with Crippen molar-refractivity contribution in [1.29, 1.82) is 0 Å². The topological polar surface area (TPSA) is 51.2 Å². The fourth-order valence-corrected chi connectivity index (χ4v) is 1.55. The van der Waals surface area contributed by atoms with Crippen molar-refractivity contribution in [2.45, 2.75) is 6.54 Å². The third-order valence-corrected chi connectivity index (χ3v) is 2.53. The van der Waals surface area contributed by atoms with Gasteiger partial charge in [0.05, 0.1) is 18.4 Å². The van der Waals surface area contributed by atoms with Gasteiger partial charge in [0, 0.05) is 18.9 Å². The van der Waals surface area contributed by atoms with E-state index in [9.17, 15) is 4.79 Å². The Kier molecular flexibility index (Phi) is 3.91. The van der Waals surface area contributed by atoms with Crippen LogP contribution >= 0.6 is 0 Å². The fourth-order valence-electron chi connectivity index (χ4n) is 1.55. The highest BCUT2D eigenvalue weighted by molar-refractivity contribution is 5.89. The van der Waals surface area contributed by atoms with E-state index in [1.165, 1.54) is 7.11 Å². The van der Waals surface area contributed by atoms with Crippen molar-refractivity contribution in [2.24, 2.45) is 0 Å². The van der Waals surface area contributed by atoms with Gasteiger partial charge in [0.1, 0.15) is 0 Å². The van der Waals surface area contributed by atoms with E-state index < -0.39 is 0 Å². The smallest absolute Gasteiger partial charge is 0.337 e. The SMILES string of the molecule is COC(=O)c1ccc(CNc2cccnc2)cc1. The lowest BCUT2D eigenvalue weighted by molar-refractivity contribution is 0.0600. The number of benzene rings is 1. The maximum atomic E-state index is 11.3. The second-order valence-corrected chi connectivity index (χ2v) is 3.78. The lowest BCUT2D eigenvalue weighted by Gasteiger charge is -2.06. The molecule has 0 amide bonds. The van der Waals surface area contributed by atoms with E-state index in [1.54, 1.807) is 24.5 Å². The van der Waals surface area contributed by atoms with Crippen LogP contribution in [0.1, 0.15) is 15.9 Å². The highest BCUT2D eigenvalue weighted by Crippen LogP contribution is 2.09. The summed E-state index contributed by atoms with van der Waals surface area (Å²) in [5.74, 6) is -0.318. The molecule has 0 spiro atoms. The zero-order valence-electron chi connectivity index (χ0n) is 10.1. The second-order valence-electron chi connectivity index (χ2n) is 3.78. The molecule has 0 saturated carbocycles. The summed E-state index contributed by atoms with van der Waals surface area (Å²) in [6.07, 6.45) is 3.50. The molecule has 92 valence electrons. The Balaban J connectivity index is 1.97. The van der Waals surface area contributed by atoms with Crippen LogP contribution in [0.15, 0.2) is 48.8 Å². The minimum Gasteiger partial charge on any atom is -0.465 e. The zero-order chi connectivity index (χ0) is 12.8. The first-order valence-electron chi connectivity index (χ1n) is 5.61. The van der Waals surface area contributed by atoms with Crippen LogP contribution in [0.2, 0.25) is 0 Å². The first-order valence-corrected chi connectivity index (χ1v) is 5.61. The van der Waals surface area contributed by atoms with E-state index >= 15 is 0 Å². The molecule has 1 N–H and O–H groups in total. The van der Waals surface area contributed by atoms with Crippen LogP contribution < -0.4 is 5.32 Å². The molecule has 0 aliphatic heterocycles. The molecule has 2 rings (SSSR count). The molecule has 4 nitrogen and oxygen atoms in total. The molecule has 4 heteroatoms. The predicted molar refractivity (Wildman–Crippen MR) is 69.3 cm³/mol. The van der Waals surface area contributed by atoms with Gasteiger partial charge in [0.25, 0.3) is 0 Å². The number of hydrogen-bond donors (Lipinski definition) is 1. The molecule has 0 bridgehead atoms. The average molecular weight is 242 g/mol. The fraction of sp³-hybridized carbons (Fsp3) is 0.143. The number of anilines is 1.